The van der Waals surface area contributed by atoms with Crippen LogP contribution in [0.4, 0.5) is 0 Å². The first-order valence-electron chi connectivity index (χ1n) is 7.29. The molecule has 1 aliphatic heterocycles. The van der Waals surface area contributed by atoms with Gasteiger partial charge in [-0.15, -0.1) is 0 Å². The highest BCUT2D eigenvalue weighted by Crippen LogP contribution is 2.12. The fourth-order valence-corrected chi connectivity index (χ4v) is 2.87. The van der Waals surface area contributed by atoms with E-state index in [1.807, 2.05) is 0 Å². The molecular weight excluding hydrogens is 220 g/mol. The third-order valence-electron chi connectivity index (χ3n) is 3.80. The predicted octanol–water partition coefficient (Wildman–Crippen LogP) is 2.61. The normalized spacial score (nSPS) is 21.1. The average Bonchev–Trinajstić information content (AvgIpc) is 2.37. The highest BCUT2D eigenvalue weighted by Gasteiger charge is 2.18. The molecule has 1 aromatic rings. The van der Waals surface area contributed by atoms with Crippen molar-refractivity contribution in [2.75, 3.05) is 26.2 Å². The Labute approximate surface area is 111 Å². The average molecular weight is 246 g/mol. The van der Waals surface area contributed by atoms with Gasteiger partial charge in [0.2, 0.25) is 0 Å². The fourth-order valence-electron chi connectivity index (χ4n) is 2.87. The molecule has 0 aromatic heterocycles. The Morgan fingerprint density at radius 1 is 1.39 bits per heavy atom. The summed E-state index contributed by atoms with van der Waals surface area (Å²) in [6.45, 7) is 9.16. The summed E-state index contributed by atoms with van der Waals surface area (Å²) in [5.41, 5.74) is 2.84. The lowest BCUT2D eigenvalue weighted by Crippen LogP contribution is -2.46. The molecule has 0 spiro atoms. The number of likely N-dealkylation sites (N-methyl/N-ethyl adjacent to an activating group) is 1. The Kier molecular flexibility index (Phi) is 5.21. The van der Waals surface area contributed by atoms with E-state index in [2.05, 4.69) is 48.3 Å². The molecule has 2 nitrogen and oxygen atoms in total. The number of hydrogen-bond acceptors (Lipinski definition) is 2. The highest BCUT2D eigenvalue weighted by atomic mass is 15.2. The van der Waals surface area contributed by atoms with E-state index < -0.39 is 0 Å². The lowest BCUT2D eigenvalue weighted by molar-refractivity contribution is 0.194. The van der Waals surface area contributed by atoms with Gasteiger partial charge < -0.3 is 10.2 Å². The SMILES string of the molecule is CCNC1CCCN(CCc2cccc(C)c2)C1. The summed E-state index contributed by atoms with van der Waals surface area (Å²) in [7, 11) is 0. The smallest absolute Gasteiger partial charge is 0.0195 e. The van der Waals surface area contributed by atoms with Crippen molar-refractivity contribution < 1.29 is 0 Å². The van der Waals surface area contributed by atoms with Gasteiger partial charge in [-0.05, 0) is 44.8 Å². The van der Waals surface area contributed by atoms with Gasteiger partial charge in [-0.3, -0.25) is 0 Å². The molecule has 2 heteroatoms. The zero-order valence-corrected chi connectivity index (χ0v) is 11.8. The number of nitrogens with one attached hydrogen (secondary N) is 1. The second kappa shape index (κ2) is 6.91. The van der Waals surface area contributed by atoms with Gasteiger partial charge in [-0.2, -0.15) is 0 Å². The third kappa shape index (κ3) is 4.11. The predicted molar refractivity (Wildman–Crippen MR) is 78.0 cm³/mol. The van der Waals surface area contributed by atoms with Gasteiger partial charge in [0.05, 0.1) is 0 Å². The first-order chi connectivity index (χ1) is 8.78. The van der Waals surface area contributed by atoms with E-state index in [4.69, 9.17) is 0 Å². The van der Waals surface area contributed by atoms with Crippen molar-refractivity contribution in [1.82, 2.24) is 10.2 Å². The Morgan fingerprint density at radius 2 is 2.28 bits per heavy atom. The van der Waals surface area contributed by atoms with Gasteiger partial charge in [-0.25, -0.2) is 0 Å². The minimum absolute atomic E-state index is 0.709. The summed E-state index contributed by atoms with van der Waals surface area (Å²) in [6.07, 6.45) is 3.86. The van der Waals surface area contributed by atoms with Crippen molar-refractivity contribution in [2.24, 2.45) is 0 Å². The topological polar surface area (TPSA) is 15.3 Å². The van der Waals surface area contributed by atoms with Gasteiger partial charge in [0, 0.05) is 19.1 Å². The first kappa shape index (κ1) is 13.6. The van der Waals surface area contributed by atoms with E-state index in [1.54, 1.807) is 0 Å². The summed E-state index contributed by atoms with van der Waals surface area (Å²) >= 11 is 0. The monoisotopic (exact) mass is 246 g/mol. The van der Waals surface area contributed by atoms with Crippen LogP contribution in [0.15, 0.2) is 24.3 Å². The van der Waals surface area contributed by atoms with E-state index in [9.17, 15) is 0 Å². The van der Waals surface area contributed by atoms with Gasteiger partial charge in [0.1, 0.15) is 0 Å². The van der Waals surface area contributed by atoms with E-state index in [0.717, 1.165) is 6.54 Å². The van der Waals surface area contributed by atoms with Crippen LogP contribution in [-0.4, -0.2) is 37.1 Å². The van der Waals surface area contributed by atoms with Crippen LogP contribution >= 0.6 is 0 Å². The third-order valence-corrected chi connectivity index (χ3v) is 3.80. The van der Waals surface area contributed by atoms with E-state index in [0.29, 0.717) is 6.04 Å². The minimum atomic E-state index is 0.709. The van der Waals surface area contributed by atoms with Crippen molar-refractivity contribution in [3.05, 3.63) is 35.4 Å². The zero-order valence-electron chi connectivity index (χ0n) is 11.8. The van der Waals surface area contributed by atoms with Crippen molar-refractivity contribution >= 4 is 0 Å². The second-order valence-electron chi connectivity index (χ2n) is 5.44. The van der Waals surface area contributed by atoms with E-state index in [-0.39, 0.29) is 0 Å². The summed E-state index contributed by atoms with van der Waals surface area (Å²) in [5, 5.41) is 3.58. The van der Waals surface area contributed by atoms with Crippen LogP contribution in [0.3, 0.4) is 0 Å². The maximum absolute atomic E-state index is 3.58. The summed E-state index contributed by atoms with van der Waals surface area (Å²) in [6, 6.07) is 9.61. The number of nitrogens with zero attached hydrogens (tertiary/aromatic N) is 1. The maximum Gasteiger partial charge on any atom is 0.0195 e. The van der Waals surface area contributed by atoms with Crippen LogP contribution in [-0.2, 0) is 6.42 Å². The van der Waals surface area contributed by atoms with Gasteiger partial charge >= 0.3 is 0 Å². The van der Waals surface area contributed by atoms with Crippen molar-refractivity contribution in [3.63, 3.8) is 0 Å². The highest BCUT2D eigenvalue weighted by molar-refractivity contribution is 5.22. The molecule has 0 saturated carbocycles. The molecular formula is C16H26N2. The number of piperidine rings is 1. The quantitative estimate of drug-likeness (QED) is 0.859. The van der Waals surface area contributed by atoms with Crippen LogP contribution in [0.2, 0.25) is 0 Å². The maximum atomic E-state index is 3.58. The first-order valence-corrected chi connectivity index (χ1v) is 7.29. The minimum Gasteiger partial charge on any atom is -0.313 e. The van der Waals surface area contributed by atoms with Gasteiger partial charge in [-0.1, -0.05) is 36.8 Å². The lowest BCUT2D eigenvalue weighted by Gasteiger charge is -2.33. The molecule has 0 amide bonds. The van der Waals surface area contributed by atoms with Crippen LogP contribution < -0.4 is 5.32 Å². The Morgan fingerprint density at radius 3 is 3.06 bits per heavy atom. The van der Waals surface area contributed by atoms with Crippen LogP contribution in [0.25, 0.3) is 0 Å². The molecule has 0 aliphatic carbocycles. The van der Waals surface area contributed by atoms with Gasteiger partial charge in [0.15, 0.2) is 0 Å². The molecule has 1 saturated heterocycles. The summed E-state index contributed by atoms with van der Waals surface area (Å²) in [5.74, 6) is 0. The van der Waals surface area contributed by atoms with Crippen LogP contribution in [0.5, 0.6) is 0 Å². The van der Waals surface area contributed by atoms with Crippen molar-refractivity contribution in [3.8, 4) is 0 Å². The van der Waals surface area contributed by atoms with Crippen LogP contribution in [0, 0.1) is 6.92 Å². The summed E-state index contributed by atoms with van der Waals surface area (Å²) in [4.78, 5) is 2.61. The molecule has 1 unspecified atom stereocenters. The number of likely N-dealkylation sites (tertiary alicyclic amines) is 1. The Bertz CT molecular complexity index is 360. The number of benzene rings is 1. The largest absolute Gasteiger partial charge is 0.313 e. The molecule has 1 N–H and O–H groups in total. The van der Waals surface area contributed by atoms with Crippen molar-refractivity contribution in [1.29, 1.82) is 0 Å². The van der Waals surface area contributed by atoms with Gasteiger partial charge in [0.25, 0.3) is 0 Å². The molecule has 1 fully saturated rings. The molecule has 1 atom stereocenters. The molecule has 0 radical (unpaired) electrons. The molecule has 2 rings (SSSR count). The summed E-state index contributed by atoms with van der Waals surface area (Å²) < 4.78 is 0. The molecule has 18 heavy (non-hydrogen) atoms. The van der Waals surface area contributed by atoms with E-state index in [1.165, 1.54) is 50.0 Å². The molecule has 1 heterocycles. The number of aryl methyl sites for hydroxylation is 1. The number of rotatable bonds is 5. The van der Waals surface area contributed by atoms with Crippen LogP contribution in [0.1, 0.15) is 30.9 Å². The Hall–Kier alpha value is -0.860. The van der Waals surface area contributed by atoms with E-state index >= 15 is 0 Å². The standard InChI is InChI=1S/C16H26N2/c1-3-17-16-8-5-10-18(13-16)11-9-15-7-4-6-14(2)12-15/h4,6-7,12,16-17H,3,5,8-11,13H2,1-2H3. The van der Waals surface area contributed by atoms with Crippen molar-refractivity contribution in [2.45, 2.75) is 39.2 Å². The number of hydrogen-bond donors (Lipinski definition) is 1. The fraction of sp³-hybridized carbons (Fsp3) is 0.625. The molecule has 1 aromatic carbocycles. The lowest BCUT2D eigenvalue weighted by atomic mass is 10.0. The molecule has 1 aliphatic rings. The second-order valence-corrected chi connectivity index (χ2v) is 5.44. The Balaban J connectivity index is 1.79. The molecule has 0 bridgehead atoms. The molecule has 100 valence electrons. The zero-order chi connectivity index (χ0) is 12.8.